The predicted molar refractivity (Wildman–Crippen MR) is 79.0 cm³/mol. The molecule has 0 aliphatic heterocycles. The lowest BCUT2D eigenvalue weighted by Crippen LogP contribution is -2.26. The van der Waals surface area contributed by atoms with E-state index in [1.807, 2.05) is 6.07 Å². The van der Waals surface area contributed by atoms with Crippen LogP contribution in [-0.4, -0.2) is 36.1 Å². The van der Waals surface area contributed by atoms with E-state index in [0.717, 1.165) is 23.8 Å². The molecule has 0 bridgehead atoms. The lowest BCUT2D eigenvalue weighted by atomic mass is 10.1. The SMILES string of the molecule is CC(C)c1cc(CCl)cc(OCCN(C)C2CC2)n1. The quantitative estimate of drug-likeness (QED) is 0.717. The molecule has 1 aromatic heterocycles. The molecule has 0 aromatic carbocycles. The lowest BCUT2D eigenvalue weighted by molar-refractivity contribution is 0.226. The highest BCUT2D eigenvalue weighted by atomic mass is 35.5. The molecule has 0 unspecified atom stereocenters. The van der Waals surface area contributed by atoms with E-state index in [0.29, 0.717) is 24.3 Å². The summed E-state index contributed by atoms with van der Waals surface area (Å²) in [6.07, 6.45) is 2.65. The van der Waals surface area contributed by atoms with Gasteiger partial charge in [0, 0.05) is 30.2 Å². The third kappa shape index (κ3) is 4.36. The van der Waals surface area contributed by atoms with Gasteiger partial charge in [0.25, 0.3) is 0 Å². The van der Waals surface area contributed by atoms with E-state index in [9.17, 15) is 0 Å². The zero-order valence-electron chi connectivity index (χ0n) is 12.0. The number of pyridine rings is 1. The molecular formula is C15H23ClN2O. The van der Waals surface area contributed by atoms with Crippen LogP contribution in [0.5, 0.6) is 5.88 Å². The van der Waals surface area contributed by atoms with Gasteiger partial charge in [-0.2, -0.15) is 0 Å². The number of nitrogens with zero attached hydrogens (tertiary/aromatic N) is 2. The number of ether oxygens (including phenoxy) is 1. The molecular weight excluding hydrogens is 260 g/mol. The monoisotopic (exact) mass is 282 g/mol. The fourth-order valence-corrected chi connectivity index (χ4v) is 2.18. The van der Waals surface area contributed by atoms with Crippen molar-refractivity contribution in [1.82, 2.24) is 9.88 Å². The Morgan fingerprint density at radius 3 is 2.74 bits per heavy atom. The van der Waals surface area contributed by atoms with Gasteiger partial charge >= 0.3 is 0 Å². The van der Waals surface area contributed by atoms with Crippen molar-refractivity contribution >= 4 is 11.6 Å². The van der Waals surface area contributed by atoms with Crippen LogP contribution in [0.2, 0.25) is 0 Å². The highest BCUT2D eigenvalue weighted by molar-refractivity contribution is 6.17. The first-order valence-corrected chi connectivity index (χ1v) is 7.53. The largest absolute Gasteiger partial charge is 0.476 e. The van der Waals surface area contributed by atoms with E-state index < -0.39 is 0 Å². The summed E-state index contributed by atoms with van der Waals surface area (Å²) in [5.41, 5.74) is 2.12. The van der Waals surface area contributed by atoms with Crippen LogP contribution in [0.3, 0.4) is 0 Å². The van der Waals surface area contributed by atoms with Crippen LogP contribution in [0.15, 0.2) is 12.1 Å². The second-order valence-corrected chi connectivity index (χ2v) is 5.85. The summed E-state index contributed by atoms with van der Waals surface area (Å²) in [6.45, 7) is 5.90. The van der Waals surface area contributed by atoms with Crippen molar-refractivity contribution in [2.24, 2.45) is 0 Å². The Kier molecular flexibility index (Phi) is 5.06. The molecule has 19 heavy (non-hydrogen) atoms. The Hall–Kier alpha value is -0.800. The molecule has 0 atom stereocenters. The zero-order chi connectivity index (χ0) is 13.8. The molecule has 1 heterocycles. The van der Waals surface area contributed by atoms with Gasteiger partial charge in [0.05, 0.1) is 0 Å². The summed E-state index contributed by atoms with van der Waals surface area (Å²) in [7, 11) is 2.16. The molecule has 0 spiro atoms. The fourth-order valence-electron chi connectivity index (χ4n) is 2.02. The van der Waals surface area contributed by atoms with E-state index in [2.05, 4.69) is 36.8 Å². The van der Waals surface area contributed by atoms with Crippen LogP contribution in [-0.2, 0) is 5.88 Å². The Labute approximate surface area is 120 Å². The second-order valence-electron chi connectivity index (χ2n) is 5.59. The highest BCUT2D eigenvalue weighted by Crippen LogP contribution is 2.25. The minimum Gasteiger partial charge on any atom is -0.476 e. The molecule has 0 N–H and O–H groups in total. The van der Waals surface area contributed by atoms with E-state index >= 15 is 0 Å². The fraction of sp³-hybridized carbons (Fsp3) is 0.667. The van der Waals surface area contributed by atoms with Gasteiger partial charge in [-0.05, 0) is 37.4 Å². The first kappa shape index (κ1) is 14.6. The van der Waals surface area contributed by atoms with Crippen LogP contribution in [0.25, 0.3) is 0 Å². The Morgan fingerprint density at radius 2 is 2.16 bits per heavy atom. The van der Waals surface area contributed by atoms with Gasteiger partial charge in [-0.1, -0.05) is 13.8 Å². The van der Waals surface area contributed by atoms with E-state index in [1.165, 1.54) is 12.8 Å². The van der Waals surface area contributed by atoms with Crippen LogP contribution >= 0.6 is 11.6 Å². The second kappa shape index (κ2) is 6.58. The van der Waals surface area contributed by atoms with Gasteiger partial charge in [-0.15, -0.1) is 11.6 Å². The Balaban J connectivity index is 1.92. The van der Waals surface area contributed by atoms with Gasteiger partial charge < -0.3 is 9.64 Å². The van der Waals surface area contributed by atoms with Gasteiger partial charge in [0.1, 0.15) is 6.61 Å². The highest BCUT2D eigenvalue weighted by Gasteiger charge is 2.25. The van der Waals surface area contributed by atoms with E-state index in [-0.39, 0.29) is 0 Å². The summed E-state index contributed by atoms with van der Waals surface area (Å²) < 4.78 is 5.78. The summed E-state index contributed by atoms with van der Waals surface area (Å²) in [4.78, 5) is 6.89. The van der Waals surface area contributed by atoms with Crippen molar-refractivity contribution in [3.05, 3.63) is 23.4 Å². The summed E-state index contributed by atoms with van der Waals surface area (Å²) in [6, 6.07) is 4.77. The molecule has 0 saturated heterocycles. The lowest BCUT2D eigenvalue weighted by Gasteiger charge is -2.16. The van der Waals surface area contributed by atoms with Crippen molar-refractivity contribution in [3.8, 4) is 5.88 Å². The summed E-state index contributed by atoms with van der Waals surface area (Å²) in [5, 5.41) is 0. The summed E-state index contributed by atoms with van der Waals surface area (Å²) in [5.74, 6) is 1.59. The maximum absolute atomic E-state index is 5.92. The number of aromatic nitrogens is 1. The molecule has 1 aliphatic rings. The average Bonchev–Trinajstić information content (AvgIpc) is 3.22. The van der Waals surface area contributed by atoms with Gasteiger partial charge in [-0.3, -0.25) is 0 Å². The minimum absolute atomic E-state index is 0.389. The molecule has 2 rings (SSSR count). The number of rotatable bonds is 7. The van der Waals surface area contributed by atoms with Crippen LogP contribution in [0, 0.1) is 0 Å². The first-order chi connectivity index (χ1) is 9.10. The van der Waals surface area contributed by atoms with E-state index in [1.54, 1.807) is 0 Å². The van der Waals surface area contributed by atoms with Crippen molar-refractivity contribution in [2.75, 3.05) is 20.2 Å². The molecule has 106 valence electrons. The molecule has 4 heteroatoms. The topological polar surface area (TPSA) is 25.4 Å². The average molecular weight is 283 g/mol. The number of likely N-dealkylation sites (N-methyl/N-ethyl adjacent to an activating group) is 1. The number of hydrogen-bond acceptors (Lipinski definition) is 3. The maximum Gasteiger partial charge on any atom is 0.213 e. The van der Waals surface area contributed by atoms with Crippen molar-refractivity contribution in [1.29, 1.82) is 0 Å². The van der Waals surface area contributed by atoms with Crippen LogP contribution < -0.4 is 4.74 Å². The maximum atomic E-state index is 5.92. The van der Waals surface area contributed by atoms with Gasteiger partial charge in [0.2, 0.25) is 5.88 Å². The summed E-state index contributed by atoms with van der Waals surface area (Å²) >= 11 is 5.92. The third-order valence-corrected chi connectivity index (χ3v) is 3.80. The predicted octanol–water partition coefficient (Wildman–Crippen LogP) is 3.42. The van der Waals surface area contributed by atoms with E-state index in [4.69, 9.17) is 16.3 Å². The van der Waals surface area contributed by atoms with Crippen molar-refractivity contribution in [3.63, 3.8) is 0 Å². The Morgan fingerprint density at radius 1 is 1.42 bits per heavy atom. The minimum atomic E-state index is 0.389. The third-order valence-electron chi connectivity index (χ3n) is 3.49. The van der Waals surface area contributed by atoms with Gasteiger partial charge in [-0.25, -0.2) is 4.98 Å². The smallest absolute Gasteiger partial charge is 0.213 e. The normalized spacial score (nSPS) is 15.3. The number of hydrogen-bond donors (Lipinski definition) is 0. The molecule has 1 saturated carbocycles. The molecule has 1 aliphatic carbocycles. The van der Waals surface area contributed by atoms with Crippen LogP contribution in [0.4, 0.5) is 0 Å². The number of halogens is 1. The number of alkyl halides is 1. The van der Waals surface area contributed by atoms with Gasteiger partial charge in [0.15, 0.2) is 0 Å². The standard InChI is InChI=1S/C15H23ClN2O/c1-11(2)14-8-12(10-16)9-15(17-14)19-7-6-18(3)13-4-5-13/h8-9,11,13H,4-7,10H2,1-3H3. The molecule has 0 radical (unpaired) electrons. The van der Waals surface area contributed by atoms with Crippen molar-refractivity contribution in [2.45, 2.75) is 44.5 Å². The first-order valence-electron chi connectivity index (χ1n) is 7.00. The molecule has 1 fully saturated rings. The molecule has 1 aromatic rings. The van der Waals surface area contributed by atoms with Crippen molar-refractivity contribution < 1.29 is 4.74 Å². The van der Waals surface area contributed by atoms with Crippen LogP contribution in [0.1, 0.15) is 43.9 Å². The zero-order valence-corrected chi connectivity index (χ0v) is 12.8. The molecule has 3 nitrogen and oxygen atoms in total. The molecule has 0 amide bonds. The Bertz CT molecular complexity index is 419.